The lowest BCUT2D eigenvalue weighted by atomic mass is 9.92. The minimum Gasteiger partial charge on any atom is -0.391 e. The number of hydrogen-bond donors (Lipinski definition) is 2. The number of anilines is 1. The molecule has 2 aromatic heterocycles. The van der Waals surface area contributed by atoms with Crippen LogP contribution in [0.4, 0.5) is 14.5 Å². The van der Waals surface area contributed by atoms with E-state index < -0.39 is 12.7 Å². The first kappa shape index (κ1) is 16.1. The van der Waals surface area contributed by atoms with Gasteiger partial charge in [-0.1, -0.05) is 24.4 Å². The Balaban J connectivity index is 1.90. The number of pyridine rings is 1. The molecule has 2 N–H and O–H groups in total. The maximum absolute atomic E-state index is 12.7. The third-order valence-electron chi connectivity index (χ3n) is 4.03. The average molecular weight is 343 g/mol. The van der Waals surface area contributed by atoms with Gasteiger partial charge < -0.3 is 10.4 Å². The smallest absolute Gasteiger partial charge is 0.333 e. The van der Waals surface area contributed by atoms with Crippen molar-refractivity contribution in [1.82, 2.24) is 14.8 Å². The fraction of sp³-hybridized carbons (Fsp3) is 0.467. The van der Waals surface area contributed by atoms with Crippen LogP contribution in [0.15, 0.2) is 24.5 Å². The Kier molecular flexibility index (Phi) is 4.77. The molecule has 2 heterocycles. The van der Waals surface area contributed by atoms with Gasteiger partial charge in [0.2, 0.25) is 0 Å². The van der Waals surface area contributed by atoms with Crippen LogP contribution in [0.3, 0.4) is 0 Å². The van der Waals surface area contributed by atoms with Crippen LogP contribution in [0, 0.1) is 0 Å². The first-order valence-corrected chi connectivity index (χ1v) is 7.86. The largest absolute Gasteiger partial charge is 0.391 e. The van der Waals surface area contributed by atoms with E-state index in [0.29, 0.717) is 21.6 Å². The molecule has 1 fully saturated rings. The topological polar surface area (TPSA) is 63.0 Å². The number of halogens is 3. The predicted molar refractivity (Wildman–Crippen MR) is 83.6 cm³/mol. The molecular formula is C15H17ClF2N4O. The lowest BCUT2D eigenvalue weighted by Crippen LogP contribution is -2.36. The van der Waals surface area contributed by atoms with Gasteiger partial charge in [0.1, 0.15) is 5.15 Å². The first-order chi connectivity index (χ1) is 11.0. The zero-order valence-electron chi connectivity index (χ0n) is 12.3. The van der Waals surface area contributed by atoms with Gasteiger partial charge in [-0.15, -0.1) is 0 Å². The minimum atomic E-state index is -2.69. The third-order valence-corrected chi connectivity index (χ3v) is 4.23. The van der Waals surface area contributed by atoms with Crippen LogP contribution in [0.2, 0.25) is 5.15 Å². The second kappa shape index (κ2) is 6.80. The molecular weight excluding hydrogens is 326 g/mol. The molecule has 124 valence electrons. The number of nitrogens with one attached hydrogen (secondary N) is 1. The van der Waals surface area contributed by atoms with E-state index in [2.05, 4.69) is 15.4 Å². The van der Waals surface area contributed by atoms with Crippen LogP contribution >= 0.6 is 11.6 Å². The first-order valence-electron chi connectivity index (χ1n) is 7.48. The molecule has 0 spiro atoms. The summed E-state index contributed by atoms with van der Waals surface area (Å²) >= 11 is 5.95. The molecule has 2 unspecified atom stereocenters. The molecule has 0 aliphatic heterocycles. The summed E-state index contributed by atoms with van der Waals surface area (Å²) in [4.78, 5) is 4.01. The van der Waals surface area contributed by atoms with E-state index in [4.69, 9.17) is 11.6 Å². The molecule has 0 aromatic carbocycles. The highest BCUT2D eigenvalue weighted by Gasteiger charge is 2.24. The summed E-state index contributed by atoms with van der Waals surface area (Å²) in [6.07, 6.45) is 5.89. The summed E-state index contributed by atoms with van der Waals surface area (Å²) in [5.41, 5.74) is 1.59. The molecule has 2 aromatic rings. The monoisotopic (exact) mass is 342 g/mol. The molecule has 5 nitrogen and oxygen atoms in total. The second-order valence-corrected chi connectivity index (χ2v) is 6.00. The molecule has 2 atom stereocenters. The number of alkyl halides is 2. The average Bonchev–Trinajstić information content (AvgIpc) is 3.00. The van der Waals surface area contributed by atoms with Gasteiger partial charge in [0.25, 0.3) is 0 Å². The quantitative estimate of drug-likeness (QED) is 0.831. The lowest BCUT2D eigenvalue weighted by molar-refractivity contribution is 0.0568. The number of aliphatic hydroxyl groups excluding tert-OH is 1. The van der Waals surface area contributed by atoms with Crippen molar-refractivity contribution >= 4 is 17.3 Å². The molecule has 8 heteroatoms. The Bertz CT molecular complexity index is 679. The van der Waals surface area contributed by atoms with E-state index in [1.54, 1.807) is 6.07 Å². The van der Waals surface area contributed by atoms with Gasteiger partial charge in [0.05, 0.1) is 17.8 Å². The molecule has 1 aliphatic rings. The fourth-order valence-electron chi connectivity index (χ4n) is 2.82. The van der Waals surface area contributed by atoms with E-state index in [-0.39, 0.29) is 11.2 Å². The van der Waals surface area contributed by atoms with Crippen LogP contribution in [0.25, 0.3) is 11.3 Å². The number of nitrogens with zero attached hydrogens (tertiary/aromatic N) is 3. The molecule has 1 aliphatic carbocycles. The Morgan fingerprint density at radius 1 is 1.35 bits per heavy atom. The molecule has 0 radical (unpaired) electrons. The normalized spacial score (nSPS) is 21.6. The van der Waals surface area contributed by atoms with Gasteiger partial charge in [0.15, 0.2) is 0 Å². The second-order valence-electron chi connectivity index (χ2n) is 5.61. The molecule has 3 rings (SSSR count). The van der Waals surface area contributed by atoms with Crippen molar-refractivity contribution in [1.29, 1.82) is 0 Å². The Morgan fingerprint density at radius 2 is 2.13 bits per heavy atom. The van der Waals surface area contributed by atoms with Gasteiger partial charge >= 0.3 is 6.55 Å². The van der Waals surface area contributed by atoms with E-state index in [1.165, 1.54) is 18.5 Å². The Hall–Kier alpha value is -1.73. The van der Waals surface area contributed by atoms with E-state index in [0.717, 1.165) is 25.7 Å². The number of rotatable bonds is 4. The highest BCUT2D eigenvalue weighted by atomic mass is 35.5. The van der Waals surface area contributed by atoms with Crippen molar-refractivity contribution in [2.45, 2.75) is 44.4 Å². The lowest BCUT2D eigenvalue weighted by Gasteiger charge is -2.29. The Labute approximate surface area is 137 Å². The zero-order chi connectivity index (χ0) is 16.4. The van der Waals surface area contributed by atoms with E-state index in [9.17, 15) is 13.9 Å². The van der Waals surface area contributed by atoms with Gasteiger partial charge in [-0.05, 0) is 25.0 Å². The van der Waals surface area contributed by atoms with E-state index >= 15 is 0 Å². The molecule has 1 saturated carbocycles. The highest BCUT2D eigenvalue weighted by Crippen LogP contribution is 2.31. The van der Waals surface area contributed by atoms with Crippen LogP contribution in [0.5, 0.6) is 0 Å². The zero-order valence-corrected chi connectivity index (χ0v) is 13.0. The summed E-state index contributed by atoms with van der Waals surface area (Å²) in [6.45, 7) is -2.69. The fourth-order valence-corrected chi connectivity index (χ4v) is 2.98. The van der Waals surface area contributed by atoms with E-state index in [1.807, 2.05) is 0 Å². The van der Waals surface area contributed by atoms with Crippen molar-refractivity contribution in [3.8, 4) is 11.3 Å². The highest BCUT2D eigenvalue weighted by molar-refractivity contribution is 6.29. The summed E-state index contributed by atoms with van der Waals surface area (Å²) in [6, 6.07) is 3.03. The predicted octanol–water partition coefficient (Wildman–Crippen LogP) is 3.71. The van der Waals surface area contributed by atoms with Crippen molar-refractivity contribution in [3.05, 3.63) is 29.7 Å². The van der Waals surface area contributed by atoms with Crippen LogP contribution in [-0.2, 0) is 0 Å². The van der Waals surface area contributed by atoms with Crippen LogP contribution < -0.4 is 5.32 Å². The van der Waals surface area contributed by atoms with Gasteiger partial charge in [0, 0.05) is 23.6 Å². The maximum Gasteiger partial charge on any atom is 0.333 e. The molecule has 0 saturated heterocycles. The summed E-state index contributed by atoms with van der Waals surface area (Å²) in [7, 11) is 0. The van der Waals surface area contributed by atoms with Crippen molar-refractivity contribution < 1.29 is 13.9 Å². The molecule has 23 heavy (non-hydrogen) atoms. The van der Waals surface area contributed by atoms with Crippen molar-refractivity contribution in [2.24, 2.45) is 0 Å². The van der Waals surface area contributed by atoms with Crippen molar-refractivity contribution in [2.75, 3.05) is 5.32 Å². The summed E-state index contributed by atoms with van der Waals surface area (Å²) in [5, 5.41) is 17.5. The van der Waals surface area contributed by atoms with Gasteiger partial charge in [-0.3, -0.25) is 0 Å². The summed E-state index contributed by atoms with van der Waals surface area (Å²) < 4.78 is 26.0. The Morgan fingerprint density at radius 3 is 2.83 bits per heavy atom. The van der Waals surface area contributed by atoms with Crippen LogP contribution in [-0.4, -0.2) is 32.0 Å². The third kappa shape index (κ3) is 3.61. The maximum atomic E-state index is 12.7. The van der Waals surface area contributed by atoms with Crippen molar-refractivity contribution in [3.63, 3.8) is 0 Å². The number of hydrogen-bond acceptors (Lipinski definition) is 4. The standard InChI is InChI=1S/C15H17ClF2N4O/c16-14-7-12(20-11-3-1-2-4-13(11)23)9(8-19-14)10-5-6-22(21-10)15(17)18/h5-8,11,13,15,23H,1-4H2,(H,19,20). The van der Waals surface area contributed by atoms with Gasteiger partial charge in [-0.2, -0.15) is 13.9 Å². The molecule has 0 amide bonds. The SMILES string of the molecule is OC1CCCCC1Nc1cc(Cl)ncc1-c1ccn(C(F)F)n1. The summed E-state index contributed by atoms with van der Waals surface area (Å²) in [5.74, 6) is 0. The van der Waals surface area contributed by atoms with Crippen LogP contribution in [0.1, 0.15) is 32.2 Å². The molecule has 0 bridgehead atoms. The van der Waals surface area contributed by atoms with Gasteiger partial charge in [-0.25, -0.2) is 9.67 Å². The minimum absolute atomic E-state index is 0.0989. The number of aromatic nitrogens is 3. The number of aliphatic hydroxyl groups is 1.